The molecule has 0 spiro atoms. The van der Waals surface area contributed by atoms with Crippen molar-refractivity contribution in [2.45, 2.75) is 58.9 Å². The summed E-state index contributed by atoms with van der Waals surface area (Å²) in [4.78, 5) is 17.5. The van der Waals surface area contributed by atoms with Crippen molar-refractivity contribution in [1.29, 1.82) is 0 Å². The zero-order chi connectivity index (χ0) is 22.9. The Balaban J connectivity index is 1.73. The summed E-state index contributed by atoms with van der Waals surface area (Å²) in [6.07, 6.45) is 5.32. The van der Waals surface area contributed by atoms with Gasteiger partial charge in [-0.25, -0.2) is 4.39 Å². The standard InChI is InChI=1S/C27H38FN3O/c1-4-7-15-29-23-11-8-10-21(18-23)22-13-14-25(26(28)19-22)27(32)31-17-9-12-24(31)20-30(6-3)16-5-2/h8,10-11,13-14,18-19,24,29H,4-7,9,12,15-17,20H2,1-3H3. The van der Waals surface area contributed by atoms with Crippen molar-refractivity contribution in [3.05, 3.63) is 53.8 Å². The molecule has 32 heavy (non-hydrogen) atoms. The van der Waals surface area contributed by atoms with Crippen LogP contribution in [0.2, 0.25) is 0 Å². The molecule has 2 aromatic carbocycles. The molecular formula is C27H38FN3O. The summed E-state index contributed by atoms with van der Waals surface area (Å²) >= 11 is 0. The molecule has 5 heteroatoms. The summed E-state index contributed by atoms with van der Waals surface area (Å²) in [7, 11) is 0. The monoisotopic (exact) mass is 439 g/mol. The summed E-state index contributed by atoms with van der Waals surface area (Å²) in [5.41, 5.74) is 2.94. The van der Waals surface area contributed by atoms with Crippen molar-refractivity contribution in [1.82, 2.24) is 9.80 Å². The van der Waals surface area contributed by atoms with Crippen LogP contribution in [0.25, 0.3) is 11.1 Å². The smallest absolute Gasteiger partial charge is 0.257 e. The van der Waals surface area contributed by atoms with E-state index < -0.39 is 5.82 Å². The molecule has 1 aliphatic rings. The molecule has 1 amide bonds. The average molecular weight is 440 g/mol. The molecule has 1 aliphatic heterocycles. The third kappa shape index (κ3) is 6.10. The Morgan fingerprint density at radius 3 is 2.66 bits per heavy atom. The van der Waals surface area contributed by atoms with Gasteiger partial charge in [0.25, 0.3) is 5.91 Å². The largest absolute Gasteiger partial charge is 0.385 e. The zero-order valence-electron chi connectivity index (χ0n) is 19.9. The molecule has 0 saturated carbocycles. The molecule has 1 N–H and O–H groups in total. The Labute approximate surface area is 192 Å². The Bertz CT molecular complexity index is 885. The fourth-order valence-corrected chi connectivity index (χ4v) is 4.53. The van der Waals surface area contributed by atoms with Gasteiger partial charge in [0.15, 0.2) is 0 Å². The Morgan fingerprint density at radius 2 is 1.94 bits per heavy atom. The van der Waals surface area contributed by atoms with Crippen molar-refractivity contribution in [3.8, 4) is 11.1 Å². The molecule has 1 atom stereocenters. The highest BCUT2D eigenvalue weighted by atomic mass is 19.1. The lowest BCUT2D eigenvalue weighted by Gasteiger charge is -2.30. The van der Waals surface area contributed by atoms with E-state index in [0.717, 1.165) is 75.1 Å². The SMILES string of the molecule is CCCCNc1cccc(-c2ccc(C(=O)N3CCCC3CN(CC)CCC)c(F)c2)c1. The van der Waals surface area contributed by atoms with Gasteiger partial charge in [-0.2, -0.15) is 0 Å². The lowest BCUT2D eigenvalue weighted by molar-refractivity contribution is 0.0697. The number of amides is 1. The third-order valence-corrected chi connectivity index (χ3v) is 6.35. The van der Waals surface area contributed by atoms with Gasteiger partial charge in [0.1, 0.15) is 5.82 Å². The summed E-state index contributed by atoms with van der Waals surface area (Å²) in [6, 6.07) is 13.2. The van der Waals surface area contributed by atoms with Gasteiger partial charge in [0, 0.05) is 31.4 Å². The summed E-state index contributed by atoms with van der Waals surface area (Å²) in [6.45, 7) is 11.0. The Hall–Kier alpha value is -2.40. The van der Waals surface area contributed by atoms with E-state index in [-0.39, 0.29) is 17.5 Å². The minimum atomic E-state index is -0.441. The third-order valence-electron chi connectivity index (χ3n) is 6.35. The van der Waals surface area contributed by atoms with E-state index in [0.29, 0.717) is 6.54 Å². The predicted molar refractivity (Wildman–Crippen MR) is 132 cm³/mol. The van der Waals surface area contributed by atoms with Crippen molar-refractivity contribution in [2.24, 2.45) is 0 Å². The van der Waals surface area contributed by atoms with Crippen LogP contribution >= 0.6 is 0 Å². The number of nitrogens with zero attached hydrogens (tertiary/aromatic N) is 2. The number of likely N-dealkylation sites (N-methyl/N-ethyl adjacent to an activating group) is 1. The lowest BCUT2D eigenvalue weighted by Crippen LogP contribution is -2.43. The van der Waals surface area contributed by atoms with Gasteiger partial charge in [0.2, 0.25) is 0 Å². The molecule has 174 valence electrons. The minimum absolute atomic E-state index is 0.166. The van der Waals surface area contributed by atoms with Gasteiger partial charge in [-0.3, -0.25) is 4.79 Å². The molecule has 0 radical (unpaired) electrons. The van der Waals surface area contributed by atoms with Gasteiger partial charge in [0.05, 0.1) is 5.56 Å². The maximum absolute atomic E-state index is 15.1. The maximum atomic E-state index is 15.1. The second-order valence-electron chi connectivity index (χ2n) is 8.74. The number of carbonyl (C=O) groups excluding carboxylic acids is 1. The highest BCUT2D eigenvalue weighted by molar-refractivity contribution is 5.95. The first-order valence-electron chi connectivity index (χ1n) is 12.2. The number of likely N-dealkylation sites (tertiary alicyclic amines) is 1. The van der Waals surface area contributed by atoms with Crippen LogP contribution in [-0.4, -0.2) is 54.5 Å². The molecular weight excluding hydrogens is 401 g/mol. The highest BCUT2D eigenvalue weighted by Crippen LogP contribution is 2.27. The number of unbranched alkanes of at least 4 members (excludes halogenated alkanes) is 1. The number of halogens is 1. The van der Waals surface area contributed by atoms with E-state index in [1.165, 1.54) is 6.07 Å². The van der Waals surface area contributed by atoms with E-state index in [4.69, 9.17) is 0 Å². The molecule has 3 rings (SSSR count). The molecule has 0 aliphatic carbocycles. The number of rotatable bonds is 11. The molecule has 0 aromatic heterocycles. The maximum Gasteiger partial charge on any atom is 0.257 e. The van der Waals surface area contributed by atoms with Gasteiger partial charge < -0.3 is 15.1 Å². The quantitative estimate of drug-likeness (QED) is 0.434. The van der Waals surface area contributed by atoms with E-state index in [1.54, 1.807) is 6.07 Å². The van der Waals surface area contributed by atoms with Gasteiger partial charge in [-0.1, -0.05) is 45.4 Å². The summed E-state index contributed by atoms with van der Waals surface area (Å²) in [5, 5.41) is 3.41. The first-order chi connectivity index (χ1) is 15.6. The van der Waals surface area contributed by atoms with Crippen molar-refractivity contribution >= 4 is 11.6 Å². The van der Waals surface area contributed by atoms with E-state index in [2.05, 4.69) is 31.0 Å². The number of benzene rings is 2. The molecule has 1 heterocycles. The van der Waals surface area contributed by atoms with Gasteiger partial charge >= 0.3 is 0 Å². The number of nitrogens with one attached hydrogen (secondary N) is 1. The molecule has 2 aromatic rings. The molecule has 1 fully saturated rings. The first-order valence-corrected chi connectivity index (χ1v) is 12.2. The topological polar surface area (TPSA) is 35.6 Å². The normalized spacial score (nSPS) is 16.0. The van der Waals surface area contributed by atoms with Crippen LogP contribution in [0.3, 0.4) is 0 Å². The Morgan fingerprint density at radius 1 is 1.12 bits per heavy atom. The van der Waals surface area contributed by atoms with Crippen LogP contribution < -0.4 is 5.32 Å². The number of hydrogen-bond acceptors (Lipinski definition) is 3. The van der Waals surface area contributed by atoms with Crippen LogP contribution in [-0.2, 0) is 0 Å². The Kier molecular flexibility index (Phi) is 9.10. The molecule has 1 saturated heterocycles. The number of carbonyl (C=O) groups is 1. The van der Waals surface area contributed by atoms with Crippen molar-refractivity contribution in [3.63, 3.8) is 0 Å². The van der Waals surface area contributed by atoms with Gasteiger partial charge in [-0.05, 0) is 74.2 Å². The fourth-order valence-electron chi connectivity index (χ4n) is 4.53. The fraction of sp³-hybridized carbons (Fsp3) is 0.519. The van der Waals surface area contributed by atoms with Crippen LogP contribution in [0.15, 0.2) is 42.5 Å². The average Bonchev–Trinajstić information content (AvgIpc) is 3.27. The van der Waals surface area contributed by atoms with Crippen LogP contribution in [0.5, 0.6) is 0 Å². The minimum Gasteiger partial charge on any atom is -0.385 e. The molecule has 4 nitrogen and oxygen atoms in total. The van der Waals surface area contributed by atoms with E-state index in [1.807, 2.05) is 35.2 Å². The predicted octanol–water partition coefficient (Wildman–Crippen LogP) is 6.04. The van der Waals surface area contributed by atoms with Crippen molar-refractivity contribution in [2.75, 3.05) is 38.0 Å². The van der Waals surface area contributed by atoms with Crippen LogP contribution in [0.1, 0.15) is 63.2 Å². The second kappa shape index (κ2) is 12.0. The van der Waals surface area contributed by atoms with Gasteiger partial charge in [-0.15, -0.1) is 0 Å². The first kappa shape index (κ1) is 24.2. The van der Waals surface area contributed by atoms with E-state index >= 15 is 4.39 Å². The summed E-state index contributed by atoms with van der Waals surface area (Å²) < 4.78 is 15.1. The second-order valence-corrected chi connectivity index (χ2v) is 8.74. The number of hydrogen-bond donors (Lipinski definition) is 1. The van der Waals surface area contributed by atoms with Crippen molar-refractivity contribution < 1.29 is 9.18 Å². The number of anilines is 1. The van der Waals surface area contributed by atoms with Crippen LogP contribution in [0.4, 0.5) is 10.1 Å². The molecule has 1 unspecified atom stereocenters. The lowest BCUT2D eigenvalue weighted by atomic mass is 10.0. The zero-order valence-corrected chi connectivity index (χ0v) is 19.9. The molecule has 0 bridgehead atoms. The summed E-state index contributed by atoms with van der Waals surface area (Å²) in [5.74, 6) is -0.623. The highest BCUT2D eigenvalue weighted by Gasteiger charge is 2.31. The van der Waals surface area contributed by atoms with Crippen LogP contribution in [0, 0.1) is 5.82 Å². The van der Waals surface area contributed by atoms with E-state index in [9.17, 15) is 4.79 Å².